The molecule has 1 heterocycles. The van der Waals surface area contributed by atoms with E-state index in [1.165, 1.54) is 0 Å². The van der Waals surface area contributed by atoms with Crippen LogP contribution in [-0.4, -0.2) is 38.2 Å². The maximum Gasteiger partial charge on any atom is 0.407 e. The van der Waals surface area contributed by atoms with Gasteiger partial charge in [-0.2, -0.15) is 0 Å². The van der Waals surface area contributed by atoms with Crippen molar-refractivity contribution in [3.05, 3.63) is 35.9 Å². The van der Waals surface area contributed by atoms with Crippen molar-refractivity contribution in [1.29, 1.82) is 0 Å². The molecular formula is C15H21N3O3. The van der Waals surface area contributed by atoms with E-state index in [1.54, 1.807) is 0 Å². The molecule has 1 fully saturated rings. The van der Waals surface area contributed by atoms with Crippen molar-refractivity contribution in [1.82, 2.24) is 16.0 Å². The lowest BCUT2D eigenvalue weighted by Crippen LogP contribution is -2.38. The normalized spacial score (nSPS) is 17.2. The molecule has 0 aliphatic carbocycles. The van der Waals surface area contributed by atoms with Gasteiger partial charge in [0.05, 0.1) is 5.92 Å². The molecule has 0 spiro atoms. The molecule has 1 saturated heterocycles. The van der Waals surface area contributed by atoms with E-state index in [4.69, 9.17) is 4.74 Å². The van der Waals surface area contributed by atoms with E-state index in [9.17, 15) is 9.59 Å². The number of amides is 2. The van der Waals surface area contributed by atoms with E-state index in [-0.39, 0.29) is 18.4 Å². The van der Waals surface area contributed by atoms with Gasteiger partial charge in [-0.25, -0.2) is 4.79 Å². The number of hydrogen-bond acceptors (Lipinski definition) is 4. The van der Waals surface area contributed by atoms with Crippen molar-refractivity contribution in [2.24, 2.45) is 5.92 Å². The summed E-state index contributed by atoms with van der Waals surface area (Å²) in [5, 5.41) is 8.56. The number of rotatable bonds is 6. The van der Waals surface area contributed by atoms with Gasteiger partial charge >= 0.3 is 6.09 Å². The van der Waals surface area contributed by atoms with Crippen LogP contribution in [0.25, 0.3) is 0 Å². The SMILES string of the molecule is O=C(NCCNC(=O)C1CCNC1)OCc1ccccc1. The number of carbonyl (C=O) groups excluding carboxylic acids is 2. The molecule has 2 amide bonds. The van der Waals surface area contributed by atoms with Gasteiger partial charge in [0.15, 0.2) is 0 Å². The van der Waals surface area contributed by atoms with Gasteiger partial charge in [0, 0.05) is 19.6 Å². The van der Waals surface area contributed by atoms with Gasteiger partial charge in [-0.3, -0.25) is 4.79 Å². The highest BCUT2D eigenvalue weighted by molar-refractivity contribution is 5.79. The van der Waals surface area contributed by atoms with Crippen molar-refractivity contribution >= 4 is 12.0 Å². The van der Waals surface area contributed by atoms with Crippen LogP contribution in [0, 0.1) is 5.92 Å². The zero-order valence-electron chi connectivity index (χ0n) is 11.9. The Balaban J connectivity index is 1.54. The predicted molar refractivity (Wildman–Crippen MR) is 78.6 cm³/mol. The lowest BCUT2D eigenvalue weighted by atomic mass is 10.1. The van der Waals surface area contributed by atoms with Gasteiger partial charge < -0.3 is 20.7 Å². The molecule has 6 nitrogen and oxygen atoms in total. The minimum Gasteiger partial charge on any atom is -0.445 e. The third-order valence-electron chi connectivity index (χ3n) is 3.34. The summed E-state index contributed by atoms with van der Waals surface area (Å²) in [4.78, 5) is 23.2. The minimum atomic E-state index is -0.476. The summed E-state index contributed by atoms with van der Waals surface area (Å²) in [6.45, 7) is 2.64. The third kappa shape index (κ3) is 5.43. The van der Waals surface area contributed by atoms with Crippen LogP contribution in [0.4, 0.5) is 4.79 Å². The Kier molecular flexibility index (Phi) is 6.02. The summed E-state index contributed by atoms with van der Waals surface area (Å²) in [6.07, 6.45) is 0.397. The third-order valence-corrected chi connectivity index (χ3v) is 3.34. The van der Waals surface area contributed by atoms with E-state index in [2.05, 4.69) is 16.0 Å². The maximum atomic E-state index is 11.7. The zero-order valence-corrected chi connectivity index (χ0v) is 11.9. The number of alkyl carbamates (subject to hydrolysis) is 1. The van der Waals surface area contributed by atoms with Crippen LogP contribution in [0.1, 0.15) is 12.0 Å². The lowest BCUT2D eigenvalue weighted by molar-refractivity contribution is -0.124. The Hall–Kier alpha value is -2.08. The smallest absolute Gasteiger partial charge is 0.407 e. The predicted octanol–water partition coefficient (Wildman–Crippen LogP) is 0.639. The summed E-state index contributed by atoms with van der Waals surface area (Å²) >= 11 is 0. The highest BCUT2D eigenvalue weighted by Crippen LogP contribution is 2.06. The van der Waals surface area contributed by atoms with Crippen molar-refractivity contribution in [3.8, 4) is 0 Å². The van der Waals surface area contributed by atoms with Crippen LogP contribution < -0.4 is 16.0 Å². The summed E-state index contributed by atoms with van der Waals surface area (Å²) in [7, 11) is 0. The first-order chi connectivity index (χ1) is 10.3. The fraction of sp³-hybridized carbons (Fsp3) is 0.467. The standard InChI is InChI=1S/C15H21N3O3/c19-14(13-6-7-16-10-13)17-8-9-18-15(20)21-11-12-4-2-1-3-5-12/h1-5,13,16H,6-11H2,(H,17,19)(H,18,20). The van der Waals surface area contributed by atoms with Gasteiger partial charge in [0.1, 0.15) is 6.61 Å². The number of benzene rings is 1. The van der Waals surface area contributed by atoms with Crippen molar-refractivity contribution < 1.29 is 14.3 Å². The van der Waals surface area contributed by atoms with Crippen LogP contribution in [0.3, 0.4) is 0 Å². The molecule has 0 saturated carbocycles. The summed E-state index contributed by atoms with van der Waals surface area (Å²) in [5.41, 5.74) is 0.940. The molecule has 1 atom stereocenters. The maximum absolute atomic E-state index is 11.7. The molecule has 2 rings (SSSR count). The largest absolute Gasteiger partial charge is 0.445 e. The second-order valence-electron chi connectivity index (χ2n) is 4.97. The van der Waals surface area contributed by atoms with Gasteiger partial charge in [-0.15, -0.1) is 0 Å². The zero-order chi connectivity index (χ0) is 14.9. The van der Waals surface area contributed by atoms with Gasteiger partial charge in [0.25, 0.3) is 0 Å². The van der Waals surface area contributed by atoms with Crippen LogP contribution in [0.2, 0.25) is 0 Å². The molecule has 21 heavy (non-hydrogen) atoms. The highest BCUT2D eigenvalue weighted by atomic mass is 16.5. The van der Waals surface area contributed by atoms with Crippen molar-refractivity contribution in [3.63, 3.8) is 0 Å². The Bertz CT molecular complexity index is 458. The average Bonchev–Trinajstić information content (AvgIpc) is 3.05. The molecule has 1 unspecified atom stereocenters. The van der Waals surface area contributed by atoms with E-state index in [0.29, 0.717) is 13.1 Å². The van der Waals surface area contributed by atoms with Crippen LogP contribution in [0.5, 0.6) is 0 Å². The Morgan fingerprint density at radius 3 is 2.67 bits per heavy atom. The topological polar surface area (TPSA) is 79.5 Å². The summed E-state index contributed by atoms with van der Waals surface area (Å²) in [5.74, 6) is 0.0921. The van der Waals surface area contributed by atoms with Crippen molar-refractivity contribution in [2.45, 2.75) is 13.0 Å². The molecule has 1 aliphatic rings. The van der Waals surface area contributed by atoms with E-state index < -0.39 is 6.09 Å². The number of carbonyl (C=O) groups is 2. The first-order valence-electron chi connectivity index (χ1n) is 7.18. The molecule has 1 aromatic rings. The molecule has 1 aromatic carbocycles. The van der Waals surface area contributed by atoms with Crippen LogP contribution in [-0.2, 0) is 16.1 Å². The molecular weight excluding hydrogens is 270 g/mol. The molecule has 0 aromatic heterocycles. The fourth-order valence-electron chi connectivity index (χ4n) is 2.15. The Morgan fingerprint density at radius 2 is 1.95 bits per heavy atom. The van der Waals surface area contributed by atoms with E-state index >= 15 is 0 Å². The monoisotopic (exact) mass is 291 g/mol. The van der Waals surface area contributed by atoms with Gasteiger partial charge in [0.2, 0.25) is 5.91 Å². The number of ether oxygens (including phenoxy) is 1. The Morgan fingerprint density at radius 1 is 1.19 bits per heavy atom. The average molecular weight is 291 g/mol. The molecule has 3 N–H and O–H groups in total. The molecule has 0 radical (unpaired) electrons. The number of nitrogens with one attached hydrogen (secondary N) is 3. The second kappa shape index (κ2) is 8.26. The quantitative estimate of drug-likeness (QED) is 0.672. The van der Waals surface area contributed by atoms with Gasteiger partial charge in [-0.1, -0.05) is 30.3 Å². The molecule has 1 aliphatic heterocycles. The molecule has 0 bridgehead atoms. The molecule has 114 valence electrons. The number of hydrogen-bond donors (Lipinski definition) is 3. The summed E-state index contributed by atoms with van der Waals surface area (Å²) < 4.78 is 5.06. The first-order valence-corrected chi connectivity index (χ1v) is 7.18. The Labute approximate surface area is 124 Å². The fourth-order valence-corrected chi connectivity index (χ4v) is 2.15. The minimum absolute atomic E-state index is 0.0412. The summed E-state index contributed by atoms with van der Waals surface area (Å²) in [6, 6.07) is 9.48. The van der Waals surface area contributed by atoms with E-state index in [0.717, 1.165) is 25.1 Å². The lowest BCUT2D eigenvalue weighted by Gasteiger charge is -2.10. The molecule has 6 heteroatoms. The van der Waals surface area contributed by atoms with Crippen LogP contribution in [0.15, 0.2) is 30.3 Å². The van der Waals surface area contributed by atoms with Gasteiger partial charge in [-0.05, 0) is 18.5 Å². The van der Waals surface area contributed by atoms with Crippen molar-refractivity contribution in [2.75, 3.05) is 26.2 Å². The van der Waals surface area contributed by atoms with Crippen LogP contribution >= 0.6 is 0 Å². The second-order valence-corrected chi connectivity index (χ2v) is 4.97. The highest BCUT2D eigenvalue weighted by Gasteiger charge is 2.21. The first kappa shape index (κ1) is 15.3. The van der Waals surface area contributed by atoms with E-state index in [1.807, 2.05) is 30.3 Å².